The second kappa shape index (κ2) is 8.96. The maximum atomic E-state index is 5.24. The fraction of sp³-hybridized carbons (Fsp3) is 0.115. The zero-order chi connectivity index (χ0) is 22.9. The van der Waals surface area contributed by atoms with Gasteiger partial charge < -0.3 is 9.30 Å². The van der Waals surface area contributed by atoms with E-state index in [1.807, 2.05) is 47.1 Å². The number of rotatable bonds is 7. The fourth-order valence-electron chi connectivity index (χ4n) is 3.95. The van der Waals surface area contributed by atoms with E-state index >= 15 is 0 Å². The summed E-state index contributed by atoms with van der Waals surface area (Å²) in [4.78, 5) is 10.6. The number of fused-ring (bicyclic) bond motifs is 2. The Morgan fingerprint density at radius 2 is 1.71 bits per heavy atom. The molecule has 3 aromatic carbocycles. The van der Waals surface area contributed by atoms with Crippen molar-refractivity contribution in [3.63, 3.8) is 0 Å². The fourth-order valence-corrected chi connectivity index (χ4v) is 5.82. The van der Waals surface area contributed by atoms with Crippen molar-refractivity contribution < 1.29 is 4.74 Å². The van der Waals surface area contributed by atoms with Gasteiger partial charge in [-0.15, -0.1) is 5.10 Å². The van der Waals surface area contributed by atoms with Crippen molar-refractivity contribution >= 4 is 39.1 Å². The SMILES string of the molecule is COc1ccc(-c2cn3nc(SCc4nc5ccccc5n4Cc4ccccc4)sc3n2)cc1. The number of hydrogen-bond acceptors (Lipinski definition) is 6. The zero-order valence-corrected chi connectivity index (χ0v) is 20.1. The molecule has 0 amide bonds. The summed E-state index contributed by atoms with van der Waals surface area (Å²) >= 11 is 3.30. The molecule has 6 rings (SSSR count). The molecule has 0 atom stereocenters. The minimum atomic E-state index is 0.740. The predicted molar refractivity (Wildman–Crippen MR) is 138 cm³/mol. The third-order valence-corrected chi connectivity index (χ3v) is 7.70. The molecule has 0 aliphatic carbocycles. The number of methoxy groups -OCH3 is 1. The van der Waals surface area contributed by atoms with Crippen LogP contribution in [-0.4, -0.2) is 31.3 Å². The minimum Gasteiger partial charge on any atom is -0.497 e. The third-order valence-electron chi connectivity index (χ3n) is 5.65. The molecule has 168 valence electrons. The number of hydrogen-bond donors (Lipinski definition) is 0. The van der Waals surface area contributed by atoms with Gasteiger partial charge in [-0.2, -0.15) is 0 Å². The van der Waals surface area contributed by atoms with E-state index in [2.05, 4.69) is 47.0 Å². The van der Waals surface area contributed by atoms with Crippen LogP contribution in [0.5, 0.6) is 5.75 Å². The van der Waals surface area contributed by atoms with Crippen molar-refractivity contribution in [2.24, 2.45) is 0 Å². The van der Waals surface area contributed by atoms with Crippen LogP contribution in [0.1, 0.15) is 11.4 Å². The van der Waals surface area contributed by atoms with Gasteiger partial charge in [0.25, 0.3) is 0 Å². The Hall–Kier alpha value is -3.62. The van der Waals surface area contributed by atoms with Crippen molar-refractivity contribution in [2.45, 2.75) is 16.6 Å². The van der Waals surface area contributed by atoms with Gasteiger partial charge >= 0.3 is 0 Å². The van der Waals surface area contributed by atoms with Crippen LogP contribution in [0, 0.1) is 0 Å². The van der Waals surface area contributed by atoms with E-state index in [9.17, 15) is 0 Å². The molecule has 0 fully saturated rings. The molecule has 3 aromatic heterocycles. The quantitative estimate of drug-likeness (QED) is 0.255. The Labute approximate surface area is 204 Å². The van der Waals surface area contributed by atoms with Crippen LogP contribution in [0.2, 0.25) is 0 Å². The van der Waals surface area contributed by atoms with Gasteiger partial charge in [0, 0.05) is 12.1 Å². The first-order valence-electron chi connectivity index (χ1n) is 10.9. The number of ether oxygens (including phenoxy) is 1. The van der Waals surface area contributed by atoms with E-state index in [0.29, 0.717) is 0 Å². The second-order valence-electron chi connectivity index (χ2n) is 7.83. The standard InChI is InChI=1S/C26H21N5OS2/c1-32-20-13-11-19(12-14-20)22-16-31-25(28-22)34-26(29-31)33-17-24-27-21-9-5-6-10-23(21)30(24)15-18-7-3-2-4-8-18/h2-14,16H,15,17H2,1H3. The van der Waals surface area contributed by atoms with Crippen molar-refractivity contribution in [3.05, 3.63) is 96.4 Å². The van der Waals surface area contributed by atoms with Crippen LogP contribution in [0.15, 0.2) is 89.4 Å². The average Bonchev–Trinajstić information content (AvgIpc) is 3.55. The summed E-state index contributed by atoms with van der Waals surface area (Å²) < 4.78 is 10.4. The van der Waals surface area contributed by atoms with Gasteiger partial charge in [-0.25, -0.2) is 14.5 Å². The van der Waals surface area contributed by atoms with E-state index in [0.717, 1.165) is 55.5 Å². The van der Waals surface area contributed by atoms with Crippen molar-refractivity contribution in [1.29, 1.82) is 0 Å². The summed E-state index contributed by atoms with van der Waals surface area (Å²) in [5, 5.41) is 4.75. The van der Waals surface area contributed by atoms with Crippen molar-refractivity contribution in [1.82, 2.24) is 24.1 Å². The minimum absolute atomic E-state index is 0.740. The van der Waals surface area contributed by atoms with Crippen LogP contribution in [0.25, 0.3) is 27.3 Å². The first-order chi connectivity index (χ1) is 16.8. The summed E-state index contributed by atoms with van der Waals surface area (Å²) in [6, 6.07) is 26.7. The predicted octanol–water partition coefficient (Wildman–Crippen LogP) is 6.16. The normalized spacial score (nSPS) is 11.4. The second-order valence-corrected chi connectivity index (χ2v) is 10.0. The van der Waals surface area contributed by atoms with E-state index < -0.39 is 0 Å². The largest absolute Gasteiger partial charge is 0.497 e. The Bertz CT molecular complexity index is 1540. The monoisotopic (exact) mass is 483 g/mol. The van der Waals surface area contributed by atoms with Crippen molar-refractivity contribution in [3.8, 4) is 17.0 Å². The van der Waals surface area contributed by atoms with Crippen molar-refractivity contribution in [2.75, 3.05) is 7.11 Å². The molecule has 0 saturated carbocycles. The molecule has 0 aliphatic rings. The van der Waals surface area contributed by atoms with Crippen LogP contribution in [-0.2, 0) is 12.3 Å². The Morgan fingerprint density at radius 1 is 0.912 bits per heavy atom. The molecule has 6 nitrogen and oxygen atoms in total. The van der Waals surface area contributed by atoms with Gasteiger partial charge in [0.2, 0.25) is 4.96 Å². The highest BCUT2D eigenvalue weighted by Crippen LogP contribution is 2.31. The molecule has 0 aliphatic heterocycles. The molecular formula is C26H21N5OS2. The van der Waals surface area contributed by atoms with Gasteiger partial charge in [-0.05, 0) is 42.0 Å². The average molecular weight is 484 g/mol. The molecule has 3 heterocycles. The lowest BCUT2D eigenvalue weighted by molar-refractivity contribution is 0.415. The molecule has 0 radical (unpaired) electrons. The molecule has 0 bridgehead atoms. The molecule has 0 saturated heterocycles. The van der Waals surface area contributed by atoms with Crippen LogP contribution in [0.4, 0.5) is 0 Å². The molecule has 0 spiro atoms. The third kappa shape index (κ3) is 4.06. The molecule has 0 unspecified atom stereocenters. The zero-order valence-electron chi connectivity index (χ0n) is 18.5. The van der Waals surface area contributed by atoms with Gasteiger partial charge in [0.15, 0.2) is 4.34 Å². The number of para-hydroxylation sites is 2. The smallest absolute Gasteiger partial charge is 0.213 e. The summed E-state index contributed by atoms with van der Waals surface area (Å²) in [5.74, 6) is 2.62. The number of imidazole rings is 2. The highest BCUT2D eigenvalue weighted by Gasteiger charge is 2.14. The highest BCUT2D eigenvalue weighted by molar-refractivity contribution is 8.00. The van der Waals surface area contributed by atoms with E-state index in [-0.39, 0.29) is 0 Å². The number of nitrogens with zero attached hydrogens (tertiary/aromatic N) is 5. The topological polar surface area (TPSA) is 57.2 Å². The molecular weight excluding hydrogens is 462 g/mol. The van der Waals surface area contributed by atoms with Gasteiger partial charge in [-0.1, -0.05) is 65.6 Å². The lowest BCUT2D eigenvalue weighted by Crippen LogP contribution is -2.04. The van der Waals surface area contributed by atoms with E-state index in [1.54, 1.807) is 30.2 Å². The molecule has 6 aromatic rings. The van der Waals surface area contributed by atoms with Crippen LogP contribution in [0.3, 0.4) is 0 Å². The van der Waals surface area contributed by atoms with E-state index in [4.69, 9.17) is 19.8 Å². The lowest BCUT2D eigenvalue weighted by atomic mass is 10.2. The number of thioether (sulfide) groups is 1. The Kier molecular flexibility index (Phi) is 5.52. The summed E-state index contributed by atoms with van der Waals surface area (Å²) in [6.45, 7) is 0.795. The maximum absolute atomic E-state index is 5.24. The molecule has 0 N–H and O–H groups in total. The summed E-state index contributed by atoms with van der Waals surface area (Å²) in [7, 11) is 1.67. The van der Waals surface area contributed by atoms with E-state index in [1.165, 1.54) is 5.56 Å². The number of benzene rings is 3. The summed E-state index contributed by atoms with van der Waals surface area (Å²) in [6.07, 6.45) is 1.97. The Morgan fingerprint density at radius 3 is 2.50 bits per heavy atom. The van der Waals surface area contributed by atoms with Crippen LogP contribution < -0.4 is 4.74 Å². The Balaban J connectivity index is 1.24. The van der Waals surface area contributed by atoms with Gasteiger partial charge in [0.05, 0.1) is 35.8 Å². The highest BCUT2D eigenvalue weighted by atomic mass is 32.2. The maximum Gasteiger partial charge on any atom is 0.213 e. The first-order valence-corrected chi connectivity index (χ1v) is 12.7. The first kappa shape index (κ1) is 20.9. The van der Waals surface area contributed by atoms with Gasteiger partial charge in [-0.3, -0.25) is 0 Å². The molecule has 34 heavy (non-hydrogen) atoms. The lowest BCUT2D eigenvalue weighted by Gasteiger charge is -2.09. The molecule has 8 heteroatoms. The number of aromatic nitrogens is 5. The van der Waals surface area contributed by atoms with Gasteiger partial charge in [0.1, 0.15) is 11.6 Å². The van der Waals surface area contributed by atoms with Crippen LogP contribution >= 0.6 is 23.1 Å². The summed E-state index contributed by atoms with van der Waals surface area (Å²) in [5.41, 5.74) is 5.38.